The van der Waals surface area contributed by atoms with E-state index in [1.54, 1.807) is 6.92 Å². The molecule has 64 valence electrons. The van der Waals surface area contributed by atoms with Gasteiger partial charge in [-0.15, -0.1) is 0 Å². The van der Waals surface area contributed by atoms with Crippen LogP contribution in [-0.2, 0) is 14.3 Å². The number of methoxy groups -OCH3 is 1. The van der Waals surface area contributed by atoms with Gasteiger partial charge in [-0.1, -0.05) is 6.92 Å². The molecule has 1 aliphatic heterocycles. The van der Waals surface area contributed by atoms with Gasteiger partial charge in [0.1, 0.15) is 0 Å². The molecule has 0 aliphatic carbocycles. The summed E-state index contributed by atoms with van der Waals surface area (Å²) in [6.07, 6.45) is -2.63. The normalized spacial score (nSPS) is 38.1. The van der Waals surface area contributed by atoms with E-state index in [-0.39, 0.29) is 0 Å². The second-order valence-corrected chi connectivity index (χ2v) is 2.45. The number of halogens is 1. The number of rotatable bonds is 2. The molecular weight excluding hydrogens is 151 g/mol. The summed E-state index contributed by atoms with van der Waals surface area (Å²) in [6.45, 7) is 1.77. The Hall–Kier alpha value is -0.480. The van der Waals surface area contributed by atoms with Crippen molar-refractivity contribution >= 4 is 5.78 Å². The van der Waals surface area contributed by atoms with Gasteiger partial charge in [0.2, 0.25) is 12.1 Å². The summed E-state index contributed by atoms with van der Waals surface area (Å²) < 4.78 is 22.4. The van der Waals surface area contributed by atoms with Crippen LogP contribution >= 0.6 is 0 Å². The minimum absolute atomic E-state index is 0.493. The van der Waals surface area contributed by atoms with Crippen molar-refractivity contribution in [2.24, 2.45) is 0 Å². The van der Waals surface area contributed by atoms with Crippen molar-refractivity contribution in [3.63, 3.8) is 0 Å². The molecule has 0 N–H and O–H groups in total. The molecule has 0 aromatic carbocycles. The Morgan fingerprint density at radius 2 is 2.36 bits per heavy atom. The van der Waals surface area contributed by atoms with E-state index in [2.05, 4.69) is 4.74 Å². The monoisotopic (exact) mass is 162 g/mol. The second-order valence-electron chi connectivity index (χ2n) is 2.45. The van der Waals surface area contributed by atoms with Crippen LogP contribution in [0.2, 0.25) is 0 Å². The summed E-state index contributed by atoms with van der Waals surface area (Å²) in [5.41, 5.74) is 0. The topological polar surface area (TPSA) is 35.5 Å². The van der Waals surface area contributed by atoms with Crippen molar-refractivity contribution in [1.82, 2.24) is 0 Å². The van der Waals surface area contributed by atoms with Crippen LogP contribution < -0.4 is 0 Å². The lowest BCUT2D eigenvalue weighted by Gasteiger charge is -2.07. The molecule has 0 amide bonds. The number of hydrogen-bond acceptors (Lipinski definition) is 3. The zero-order valence-electron chi connectivity index (χ0n) is 6.54. The summed E-state index contributed by atoms with van der Waals surface area (Å²) in [5, 5.41) is 0. The first-order valence-corrected chi connectivity index (χ1v) is 3.56. The highest BCUT2D eigenvalue weighted by atomic mass is 19.1. The summed E-state index contributed by atoms with van der Waals surface area (Å²) >= 11 is 0. The first-order valence-electron chi connectivity index (χ1n) is 3.56. The Morgan fingerprint density at radius 1 is 1.73 bits per heavy atom. The van der Waals surface area contributed by atoms with E-state index in [1.165, 1.54) is 7.11 Å². The first-order chi connectivity index (χ1) is 5.20. The van der Waals surface area contributed by atoms with Crippen LogP contribution in [0.4, 0.5) is 4.39 Å². The van der Waals surface area contributed by atoms with E-state index in [4.69, 9.17) is 4.74 Å². The average molecular weight is 162 g/mol. The maximum atomic E-state index is 12.9. The summed E-state index contributed by atoms with van der Waals surface area (Å²) in [6, 6.07) is 0. The lowest BCUT2D eigenvalue weighted by molar-refractivity contribution is -0.150. The van der Waals surface area contributed by atoms with Gasteiger partial charge in [0, 0.05) is 7.11 Å². The number of ketones is 1. The van der Waals surface area contributed by atoms with E-state index in [1.807, 2.05) is 0 Å². The lowest BCUT2D eigenvalue weighted by atomic mass is 10.1. The lowest BCUT2D eigenvalue weighted by Crippen LogP contribution is -2.23. The molecule has 0 spiro atoms. The summed E-state index contributed by atoms with van der Waals surface area (Å²) in [5.74, 6) is -0.598. The largest absolute Gasteiger partial charge is 0.349 e. The van der Waals surface area contributed by atoms with E-state index in [0.29, 0.717) is 6.42 Å². The molecule has 0 aromatic rings. The first kappa shape index (κ1) is 8.62. The smallest absolute Gasteiger partial charge is 0.225 e. The summed E-state index contributed by atoms with van der Waals surface area (Å²) in [4.78, 5) is 10.9. The van der Waals surface area contributed by atoms with Crippen molar-refractivity contribution in [3.05, 3.63) is 0 Å². The van der Waals surface area contributed by atoms with Crippen LogP contribution in [0.5, 0.6) is 0 Å². The predicted molar refractivity (Wildman–Crippen MR) is 35.9 cm³/mol. The molecule has 0 unspecified atom stereocenters. The number of Topliss-reactive ketones (excluding diaryl/α,β-unsaturated/α-hetero) is 1. The van der Waals surface area contributed by atoms with Crippen LogP contribution in [0, 0.1) is 0 Å². The Labute approximate surface area is 64.5 Å². The van der Waals surface area contributed by atoms with Crippen molar-refractivity contribution in [2.75, 3.05) is 7.11 Å². The molecule has 3 atom stereocenters. The van der Waals surface area contributed by atoms with Crippen LogP contribution in [0.1, 0.15) is 13.3 Å². The molecule has 3 nitrogen and oxygen atoms in total. The van der Waals surface area contributed by atoms with Crippen molar-refractivity contribution < 1.29 is 18.7 Å². The molecule has 1 saturated heterocycles. The fraction of sp³-hybridized carbons (Fsp3) is 0.857. The van der Waals surface area contributed by atoms with Gasteiger partial charge in [-0.3, -0.25) is 4.79 Å². The number of ether oxygens (including phenoxy) is 2. The Bertz CT molecular complexity index is 156. The third-order valence-corrected chi connectivity index (χ3v) is 1.75. The van der Waals surface area contributed by atoms with Crippen molar-refractivity contribution in [3.8, 4) is 0 Å². The molecule has 1 fully saturated rings. The highest BCUT2D eigenvalue weighted by Crippen LogP contribution is 2.22. The predicted octanol–water partition coefficient (Wildman–Crippen LogP) is 0.675. The molecule has 0 saturated carbocycles. The Morgan fingerprint density at radius 3 is 2.64 bits per heavy atom. The highest BCUT2D eigenvalue weighted by Gasteiger charge is 2.42. The minimum Gasteiger partial charge on any atom is -0.349 e. The standard InChI is InChI=1S/C7H11FO3/c1-3-4-5(8)6(9)7(10-2)11-4/h4-5,7H,3H2,1-2H3/t4-,5-,7-/m1/s1. The molecule has 1 rings (SSSR count). The van der Waals surface area contributed by atoms with Gasteiger partial charge in [0.05, 0.1) is 6.10 Å². The third kappa shape index (κ3) is 1.41. The zero-order valence-corrected chi connectivity index (χ0v) is 6.54. The number of hydrogen-bond donors (Lipinski definition) is 0. The Kier molecular flexibility index (Phi) is 2.57. The van der Waals surface area contributed by atoms with E-state index < -0.39 is 24.3 Å². The fourth-order valence-corrected chi connectivity index (χ4v) is 1.08. The number of carbonyl (C=O) groups is 1. The molecular formula is C7H11FO3. The number of alkyl halides is 1. The Balaban J connectivity index is 2.61. The van der Waals surface area contributed by atoms with Gasteiger partial charge >= 0.3 is 0 Å². The van der Waals surface area contributed by atoms with Crippen LogP contribution in [0.25, 0.3) is 0 Å². The molecule has 0 radical (unpaired) electrons. The van der Waals surface area contributed by atoms with E-state index in [9.17, 15) is 9.18 Å². The molecule has 1 aliphatic rings. The quantitative estimate of drug-likeness (QED) is 0.598. The third-order valence-electron chi connectivity index (χ3n) is 1.75. The van der Waals surface area contributed by atoms with Gasteiger partial charge < -0.3 is 9.47 Å². The van der Waals surface area contributed by atoms with Crippen molar-refractivity contribution in [2.45, 2.75) is 31.9 Å². The fourth-order valence-electron chi connectivity index (χ4n) is 1.08. The maximum Gasteiger partial charge on any atom is 0.225 e. The van der Waals surface area contributed by atoms with E-state index in [0.717, 1.165) is 0 Å². The summed E-state index contributed by atoms with van der Waals surface area (Å²) in [7, 11) is 1.33. The maximum absolute atomic E-state index is 12.9. The minimum atomic E-state index is -1.51. The SMILES string of the molecule is CC[C@H]1O[C@@H](OC)C(=O)[C@@H]1F. The molecule has 11 heavy (non-hydrogen) atoms. The van der Waals surface area contributed by atoms with Crippen LogP contribution in [0.15, 0.2) is 0 Å². The van der Waals surface area contributed by atoms with Gasteiger partial charge in [-0.25, -0.2) is 4.39 Å². The average Bonchev–Trinajstić information content (AvgIpc) is 2.30. The van der Waals surface area contributed by atoms with Crippen molar-refractivity contribution in [1.29, 1.82) is 0 Å². The van der Waals surface area contributed by atoms with Gasteiger partial charge in [0.25, 0.3) is 0 Å². The van der Waals surface area contributed by atoms with Gasteiger partial charge in [-0.2, -0.15) is 0 Å². The number of carbonyl (C=O) groups excluding carboxylic acids is 1. The molecule has 0 bridgehead atoms. The van der Waals surface area contributed by atoms with Crippen LogP contribution in [-0.4, -0.2) is 31.5 Å². The second kappa shape index (κ2) is 3.28. The molecule has 1 heterocycles. The molecule has 4 heteroatoms. The molecule has 0 aromatic heterocycles. The van der Waals surface area contributed by atoms with E-state index >= 15 is 0 Å². The van der Waals surface area contributed by atoms with Crippen LogP contribution in [0.3, 0.4) is 0 Å². The van der Waals surface area contributed by atoms with Gasteiger partial charge in [-0.05, 0) is 6.42 Å². The van der Waals surface area contributed by atoms with Gasteiger partial charge in [0.15, 0.2) is 6.17 Å². The highest BCUT2D eigenvalue weighted by molar-refractivity contribution is 5.88. The zero-order chi connectivity index (χ0) is 8.43.